The summed E-state index contributed by atoms with van der Waals surface area (Å²) in [4.78, 5) is 32.2. The number of hydrogen-bond donors (Lipinski definition) is 2. The normalized spacial score (nSPS) is 11.8. The number of ketones is 1. The molecule has 3 aromatic carbocycles. The topological polar surface area (TPSA) is 84.1 Å². The van der Waals surface area contributed by atoms with Crippen LogP contribution < -0.4 is 5.32 Å². The molecule has 1 atom stereocenters. The summed E-state index contributed by atoms with van der Waals surface area (Å²) in [5.74, 6) is 0.909. The van der Waals surface area contributed by atoms with E-state index < -0.39 is 12.2 Å². The van der Waals surface area contributed by atoms with Crippen molar-refractivity contribution in [2.45, 2.75) is 58.1 Å². The summed E-state index contributed by atoms with van der Waals surface area (Å²) in [7, 11) is 0. The van der Waals surface area contributed by atoms with Crippen LogP contribution in [-0.4, -0.2) is 21.8 Å². The van der Waals surface area contributed by atoms with Crippen LogP contribution in [0.2, 0.25) is 0 Å². The number of hydrogen-bond acceptors (Lipinski definition) is 4. The third-order valence-corrected chi connectivity index (χ3v) is 6.31. The predicted molar refractivity (Wildman–Crippen MR) is 142 cm³/mol. The molecule has 0 aliphatic carbocycles. The third kappa shape index (κ3) is 7.04. The number of nitrogens with zero attached hydrogens (tertiary/aromatic N) is 1. The number of Topliss-reactive ketones (excluding diaryl/α,β-unsaturated/α-hetero) is 1. The molecule has 1 unspecified atom stereocenters. The van der Waals surface area contributed by atoms with Gasteiger partial charge in [-0.2, -0.15) is 0 Å². The van der Waals surface area contributed by atoms with E-state index in [4.69, 9.17) is 4.74 Å². The number of ether oxygens (including phenoxy) is 1. The molecular weight excluding hydrogens is 450 g/mol. The molecule has 36 heavy (non-hydrogen) atoms. The maximum absolute atomic E-state index is 12.6. The average Bonchev–Trinajstić information content (AvgIpc) is 3.41. The molecule has 1 amide bonds. The van der Waals surface area contributed by atoms with Gasteiger partial charge >= 0.3 is 6.09 Å². The molecule has 186 valence electrons. The maximum Gasteiger partial charge on any atom is 0.408 e. The molecule has 0 aliphatic rings. The first-order valence-electron chi connectivity index (χ1n) is 12.7. The van der Waals surface area contributed by atoms with Gasteiger partial charge in [-0.15, -0.1) is 0 Å². The van der Waals surface area contributed by atoms with Crippen LogP contribution in [0.25, 0.3) is 22.0 Å². The first-order chi connectivity index (χ1) is 17.6. The number of alkyl carbamates (subject to hydrolysis) is 1. The van der Waals surface area contributed by atoms with E-state index >= 15 is 0 Å². The van der Waals surface area contributed by atoms with Crippen LogP contribution in [0.3, 0.4) is 0 Å². The summed E-state index contributed by atoms with van der Waals surface area (Å²) in [6.07, 6.45) is 5.20. The Labute approximate surface area is 212 Å². The first-order valence-corrected chi connectivity index (χ1v) is 12.7. The largest absolute Gasteiger partial charge is 0.438 e. The lowest BCUT2D eigenvalue weighted by Gasteiger charge is -2.16. The summed E-state index contributed by atoms with van der Waals surface area (Å²) in [6, 6.07) is 24.2. The minimum Gasteiger partial charge on any atom is -0.438 e. The van der Waals surface area contributed by atoms with Crippen LogP contribution >= 0.6 is 0 Å². The van der Waals surface area contributed by atoms with Crippen molar-refractivity contribution in [3.05, 3.63) is 90.4 Å². The van der Waals surface area contributed by atoms with Crippen molar-refractivity contribution < 1.29 is 14.3 Å². The van der Waals surface area contributed by atoms with E-state index in [1.54, 1.807) is 6.20 Å². The smallest absolute Gasteiger partial charge is 0.408 e. The van der Waals surface area contributed by atoms with Gasteiger partial charge in [0.1, 0.15) is 11.6 Å². The van der Waals surface area contributed by atoms with Crippen LogP contribution in [0.1, 0.15) is 62.9 Å². The van der Waals surface area contributed by atoms with E-state index in [2.05, 4.69) is 45.6 Å². The molecule has 6 heteroatoms. The first kappa shape index (κ1) is 25.2. The van der Waals surface area contributed by atoms with Gasteiger partial charge in [0.05, 0.1) is 11.9 Å². The molecule has 0 aliphatic heterocycles. The highest BCUT2D eigenvalue weighted by molar-refractivity contribution is 5.86. The molecule has 6 nitrogen and oxygen atoms in total. The van der Waals surface area contributed by atoms with E-state index in [0.29, 0.717) is 31.6 Å². The Morgan fingerprint density at radius 3 is 2.53 bits per heavy atom. The van der Waals surface area contributed by atoms with Crippen LogP contribution in [0.15, 0.2) is 79.0 Å². The minimum absolute atomic E-state index is 0.286. The van der Waals surface area contributed by atoms with Crippen molar-refractivity contribution in [3.8, 4) is 11.3 Å². The average molecular weight is 484 g/mol. The van der Waals surface area contributed by atoms with Crippen molar-refractivity contribution in [2.24, 2.45) is 0 Å². The van der Waals surface area contributed by atoms with Gasteiger partial charge in [-0.05, 0) is 41.7 Å². The lowest BCUT2D eigenvalue weighted by molar-refractivity contribution is -0.118. The van der Waals surface area contributed by atoms with E-state index in [9.17, 15) is 9.59 Å². The standard InChI is InChI=1S/C30H33N3O3/c1-2-26(34)15-7-4-8-16-28(36-30(35)32-20-22-11-5-3-6-12-22)29-31-21-27(33-29)25-18-17-23-13-9-10-14-24(23)19-25/h3,5-6,9-14,17-19,21,28H,2,4,7-8,15-16,20H2,1H3,(H,31,33)(H,32,35). The second-order valence-corrected chi connectivity index (χ2v) is 8.97. The van der Waals surface area contributed by atoms with E-state index in [0.717, 1.165) is 41.5 Å². The lowest BCUT2D eigenvalue weighted by Crippen LogP contribution is -2.26. The fourth-order valence-electron chi connectivity index (χ4n) is 4.20. The van der Waals surface area contributed by atoms with Gasteiger partial charge in [0.15, 0.2) is 6.10 Å². The zero-order valence-electron chi connectivity index (χ0n) is 20.7. The van der Waals surface area contributed by atoms with Gasteiger partial charge in [0, 0.05) is 24.9 Å². The fraction of sp³-hybridized carbons (Fsp3) is 0.300. The lowest BCUT2D eigenvalue weighted by atomic mass is 10.1. The number of benzene rings is 3. The molecule has 1 aromatic heterocycles. The van der Waals surface area contributed by atoms with Crippen molar-refractivity contribution in [1.82, 2.24) is 15.3 Å². The summed E-state index contributed by atoms with van der Waals surface area (Å²) < 4.78 is 5.82. The van der Waals surface area contributed by atoms with Gasteiger partial charge in [-0.3, -0.25) is 4.79 Å². The molecule has 0 fully saturated rings. The monoisotopic (exact) mass is 483 g/mol. The molecule has 0 saturated carbocycles. The van der Waals surface area contributed by atoms with Gasteiger partial charge in [0.2, 0.25) is 0 Å². The number of aromatic amines is 1. The Bertz CT molecular complexity index is 1280. The predicted octanol–water partition coefficient (Wildman–Crippen LogP) is 7.13. The van der Waals surface area contributed by atoms with Crippen molar-refractivity contribution >= 4 is 22.6 Å². The SMILES string of the molecule is CCC(=O)CCCCCC(OC(=O)NCc1ccccc1)c1ncc(-c2ccc3ccccc3c2)[nH]1. The Kier molecular flexibility index (Phi) is 8.87. The maximum atomic E-state index is 12.6. The third-order valence-electron chi connectivity index (χ3n) is 6.31. The molecule has 0 spiro atoms. The highest BCUT2D eigenvalue weighted by Crippen LogP contribution is 2.27. The summed E-state index contributed by atoms with van der Waals surface area (Å²) in [6.45, 7) is 2.29. The number of aromatic nitrogens is 2. The Morgan fingerprint density at radius 1 is 0.944 bits per heavy atom. The zero-order valence-corrected chi connectivity index (χ0v) is 20.7. The fourth-order valence-corrected chi connectivity index (χ4v) is 4.20. The molecule has 0 bridgehead atoms. The van der Waals surface area contributed by atoms with Crippen molar-refractivity contribution in [1.29, 1.82) is 0 Å². The number of unbranched alkanes of at least 4 members (excludes halogenated alkanes) is 2. The van der Waals surface area contributed by atoms with Gasteiger partial charge < -0.3 is 15.0 Å². The summed E-state index contributed by atoms with van der Waals surface area (Å²) in [5.41, 5.74) is 2.91. The van der Waals surface area contributed by atoms with Gasteiger partial charge in [-0.25, -0.2) is 9.78 Å². The van der Waals surface area contributed by atoms with Crippen LogP contribution in [-0.2, 0) is 16.1 Å². The molecule has 4 aromatic rings. The minimum atomic E-state index is -0.503. The van der Waals surface area contributed by atoms with Gasteiger partial charge in [0.25, 0.3) is 0 Å². The Morgan fingerprint density at radius 2 is 1.72 bits per heavy atom. The van der Waals surface area contributed by atoms with Crippen molar-refractivity contribution in [2.75, 3.05) is 0 Å². The van der Waals surface area contributed by atoms with Crippen LogP contribution in [0, 0.1) is 0 Å². The second kappa shape index (κ2) is 12.7. The van der Waals surface area contributed by atoms with Crippen LogP contribution in [0.4, 0.5) is 4.79 Å². The number of imidazole rings is 1. The number of rotatable bonds is 12. The van der Waals surface area contributed by atoms with Crippen molar-refractivity contribution in [3.63, 3.8) is 0 Å². The molecular formula is C30H33N3O3. The molecule has 2 N–H and O–H groups in total. The van der Waals surface area contributed by atoms with Gasteiger partial charge in [-0.1, -0.05) is 80.1 Å². The number of nitrogens with one attached hydrogen (secondary N) is 2. The second-order valence-electron chi connectivity index (χ2n) is 8.97. The van der Waals surface area contributed by atoms with E-state index in [1.165, 1.54) is 5.39 Å². The Balaban J connectivity index is 1.43. The van der Waals surface area contributed by atoms with Crippen LogP contribution in [0.5, 0.6) is 0 Å². The highest BCUT2D eigenvalue weighted by atomic mass is 16.6. The summed E-state index contributed by atoms with van der Waals surface area (Å²) >= 11 is 0. The quantitative estimate of drug-likeness (QED) is 0.210. The zero-order chi connectivity index (χ0) is 25.2. The number of carbonyl (C=O) groups is 2. The molecule has 0 radical (unpaired) electrons. The number of amides is 1. The molecule has 4 rings (SSSR count). The number of carbonyl (C=O) groups excluding carboxylic acids is 2. The summed E-state index contributed by atoms with van der Waals surface area (Å²) in [5, 5.41) is 5.17. The Hall–Kier alpha value is -3.93. The number of fused-ring (bicyclic) bond motifs is 1. The molecule has 0 saturated heterocycles. The molecule has 1 heterocycles. The number of H-pyrrole nitrogens is 1. The highest BCUT2D eigenvalue weighted by Gasteiger charge is 2.20. The van der Waals surface area contributed by atoms with E-state index in [-0.39, 0.29) is 5.78 Å². The van der Waals surface area contributed by atoms with E-state index in [1.807, 2.05) is 49.4 Å².